The van der Waals surface area contributed by atoms with Gasteiger partial charge in [-0.05, 0) is 0 Å². The van der Waals surface area contributed by atoms with E-state index >= 15 is 0 Å². The number of nitrogen functional groups attached to an aromatic ring is 4. The molecular formula is C11H12Cl2N8O4. The van der Waals surface area contributed by atoms with E-state index in [1.807, 2.05) is 0 Å². The lowest BCUT2D eigenvalue weighted by atomic mass is 10.4. The smallest absolute Gasteiger partial charge is 0.360 e. The first-order valence-electron chi connectivity index (χ1n) is 6.07. The maximum absolute atomic E-state index is 11.0. The van der Waals surface area contributed by atoms with Crippen molar-refractivity contribution in [3.8, 4) is 0 Å². The van der Waals surface area contributed by atoms with Gasteiger partial charge in [0, 0.05) is 0 Å². The molecule has 134 valence electrons. The summed E-state index contributed by atoms with van der Waals surface area (Å²) < 4.78 is 4.39. The van der Waals surface area contributed by atoms with Gasteiger partial charge in [0.1, 0.15) is 0 Å². The first-order valence-corrected chi connectivity index (χ1v) is 6.82. The predicted molar refractivity (Wildman–Crippen MR) is 90.0 cm³/mol. The number of nitrogens with two attached hydrogens (primary N) is 4. The van der Waals surface area contributed by atoms with Crippen LogP contribution in [-0.2, 0) is 4.74 Å². The molecule has 0 atom stereocenters. The van der Waals surface area contributed by atoms with Gasteiger partial charge < -0.3 is 32.8 Å². The lowest BCUT2D eigenvalue weighted by molar-refractivity contribution is 0.0594. The summed E-state index contributed by atoms with van der Waals surface area (Å²) in [4.78, 5) is 35.5. The summed E-state index contributed by atoms with van der Waals surface area (Å²) in [5.74, 6) is -2.45. The number of anilines is 4. The molecule has 0 radical (unpaired) electrons. The molecule has 2 aromatic rings. The third kappa shape index (κ3) is 4.92. The average molecular weight is 391 g/mol. The zero-order chi connectivity index (χ0) is 19.3. The van der Waals surface area contributed by atoms with Crippen molar-refractivity contribution in [2.75, 3.05) is 30.0 Å². The van der Waals surface area contributed by atoms with E-state index in [2.05, 4.69) is 24.7 Å². The Labute approximate surface area is 150 Å². The molecule has 0 unspecified atom stereocenters. The van der Waals surface area contributed by atoms with Crippen LogP contribution in [0.4, 0.5) is 23.3 Å². The topological polar surface area (TPSA) is 219 Å². The second kappa shape index (κ2) is 8.12. The van der Waals surface area contributed by atoms with E-state index in [-0.39, 0.29) is 39.3 Å². The number of aromatic carboxylic acids is 1. The number of aromatic nitrogens is 4. The molecule has 2 rings (SSSR count). The fourth-order valence-corrected chi connectivity index (χ4v) is 1.54. The standard InChI is InChI=1S/C6H7ClN4O2.C5H5ClN4O2/c1-13-6(12)2-4(8)11-5(9)3(7)10-2;6-2-4(8)10-3(7)1(9-2)5(11)12/h1H3,(H4,8,9,11);(H,11,12)(H4,7,8,10). The van der Waals surface area contributed by atoms with Crippen molar-refractivity contribution in [2.24, 2.45) is 0 Å². The number of carboxylic acid groups (broad SMARTS) is 1. The monoisotopic (exact) mass is 390 g/mol. The predicted octanol–water partition coefficient (Wildman–Crippen LogP) is 0.0736. The largest absolute Gasteiger partial charge is 0.476 e. The second-order valence-corrected chi connectivity index (χ2v) is 4.78. The van der Waals surface area contributed by atoms with Crippen LogP contribution in [0.2, 0.25) is 10.3 Å². The molecule has 0 bridgehead atoms. The highest BCUT2D eigenvalue weighted by Gasteiger charge is 2.16. The van der Waals surface area contributed by atoms with Crippen molar-refractivity contribution in [2.45, 2.75) is 0 Å². The van der Waals surface area contributed by atoms with Crippen LogP contribution in [0.1, 0.15) is 21.0 Å². The van der Waals surface area contributed by atoms with Gasteiger partial charge in [-0.1, -0.05) is 23.2 Å². The van der Waals surface area contributed by atoms with Crippen LogP contribution >= 0.6 is 23.2 Å². The van der Waals surface area contributed by atoms with Crippen LogP contribution in [0.15, 0.2) is 0 Å². The van der Waals surface area contributed by atoms with Crippen LogP contribution in [-0.4, -0.2) is 44.1 Å². The zero-order valence-electron chi connectivity index (χ0n) is 12.5. The Balaban J connectivity index is 0.000000251. The Hall–Kier alpha value is -3.12. The highest BCUT2D eigenvalue weighted by molar-refractivity contribution is 6.32. The van der Waals surface area contributed by atoms with E-state index in [1.165, 1.54) is 7.11 Å². The van der Waals surface area contributed by atoms with Gasteiger partial charge in [-0.2, -0.15) is 0 Å². The quantitative estimate of drug-likeness (QED) is 0.429. The highest BCUT2D eigenvalue weighted by Crippen LogP contribution is 2.18. The lowest BCUT2D eigenvalue weighted by Crippen LogP contribution is -2.11. The first kappa shape index (κ1) is 19.9. The van der Waals surface area contributed by atoms with Crippen molar-refractivity contribution in [1.82, 2.24) is 19.9 Å². The molecule has 9 N–H and O–H groups in total. The Bertz CT molecular complexity index is 832. The summed E-state index contributed by atoms with van der Waals surface area (Å²) >= 11 is 10.9. The summed E-state index contributed by atoms with van der Waals surface area (Å²) in [6.45, 7) is 0. The minimum Gasteiger partial charge on any atom is -0.476 e. The maximum atomic E-state index is 11.0. The second-order valence-electron chi connectivity index (χ2n) is 4.06. The van der Waals surface area contributed by atoms with E-state index in [1.54, 1.807) is 0 Å². The van der Waals surface area contributed by atoms with E-state index in [0.29, 0.717) is 0 Å². The summed E-state index contributed by atoms with van der Waals surface area (Å²) in [7, 11) is 1.20. The van der Waals surface area contributed by atoms with E-state index < -0.39 is 17.6 Å². The van der Waals surface area contributed by atoms with Gasteiger partial charge in [-0.3, -0.25) is 0 Å². The molecule has 0 fully saturated rings. The Morgan fingerprint density at radius 3 is 1.64 bits per heavy atom. The van der Waals surface area contributed by atoms with Crippen molar-refractivity contribution in [3.05, 3.63) is 21.7 Å². The first-order chi connectivity index (χ1) is 11.6. The number of nitrogens with zero attached hydrogens (tertiary/aromatic N) is 4. The molecule has 14 heteroatoms. The molecule has 25 heavy (non-hydrogen) atoms. The minimum absolute atomic E-state index is 0.0215. The number of carboxylic acids is 1. The number of carbonyl (C=O) groups excluding carboxylic acids is 1. The van der Waals surface area contributed by atoms with E-state index in [0.717, 1.165) is 0 Å². The summed E-state index contributed by atoms with van der Waals surface area (Å²) in [5.41, 5.74) is 20.5. The van der Waals surface area contributed by atoms with Gasteiger partial charge in [0.25, 0.3) is 0 Å². The van der Waals surface area contributed by atoms with Gasteiger partial charge >= 0.3 is 11.9 Å². The van der Waals surface area contributed by atoms with Crippen LogP contribution in [0, 0.1) is 0 Å². The van der Waals surface area contributed by atoms with Crippen molar-refractivity contribution < 1.29 is 19.4 Å². The fraction of sp³-hybridized carbons (Fsp3) is 0.0909. The molecule has 0 amide bonds. The number of hydrogen-bond donors (Lipinski definition) is 5. The fourth-order valence-electron chi connectivity index (χ4n) is 1.29. The summed E-state index contributed by atoms with van der Waals surface area (Å²) in [5, 5.41) is 8.26. The van der Waals surface area contributed by atoms with Crippen LogP contribution in [0.5, 0.6) is 0 Å². The molecule has 0 aliphatic heterocycles. The van der Waals surface area contributed by atoms with E-state index in [9.17, 15) is 9.59 Å². The van der Waals surface area contributed by atoms with E-state index in [4.69, 9.17) is 51.2 Å². The van der Waals surface area contributed by atoms with Crippen LogP contribution < -0.4 is 22.9 Å². The highest BCUT2D eigenvalue weighted by atomic mass is 35.5. The van der Waals surface area contributed by atoms with Gasteiger partial charge in [-0.15, -0.1) is 0 Å². The number of esters is 1. The maximum Gasteiger partial charge on any atom is 0.360 e. The average Bonchev–Trinajstić information content (AvgIpc) is 2.54. The lowest BCUT2D eigenvalue weighted by Gasteiger charge is -2.03. The molecule has 12 nitrogen and oxygen atoms in total. The molecule has 0 saturated heterocycles. The molecule has 2 aromatic heterocycles. The summed E-state index contributed by atoms with van der Waals surface area (Å²) in [6, 6.07) is 0. The molecule has 0 aromatic carbocycles. The number of halogens is 2. The third-order valence-electron chi connectivity index (χ3n) is 2.39. The third-order valence-corrected chi connectivity index (χ3v) is 2.95. The molecule has 2 heterocycles. The van der Waals surface area contributed by atoms with Gasteiger partial charge in [-0.25, -0.2) is 29.5 Å². The molecular weight excluding hydrogens is 379 g/mol. The van der Waals surface area contributed by atoms with Crippen molar-refractivity contribution in [1.29, 1.82) is 0 Å². The van der Waals surface area contributed by atoms with Gasteiger partial charge in [0.15, 0.2) is 45.0 Å². The molecule has 0 saturated carbocycles. The molecule has 0 aliphatic rings. The molecule has 0 aliphatic carbocycles. The Morgan fingerprint density at radius 1 is 0.840 bits per heavy atom. The SMILES string of the molecule is COC(=O)c1nc(Cl)c(N)nc1N.Nc1nc(N)c(C(=O)O)nc1Cl. The zero-order valence-corrected chi connectivity index (χ0v) is 14.0. The van der Waals surface area contributed by atoms with Gasteiger partial charge in [0.05, 0.1) is 7.11 Å². The summed E-state index contributed by atoms with van der Waals surface area (Å²) in [6.07, 6.45) is 0. The van der Waals surface area contributed by atoms with Crippen LogP contribution in [0.25, 0.3) is 0 Å². The normalized spacial score (nSPS) is 9.72. The number of rotatable bonds is 2. The van der Waals surface area contributed by atoms with Crippen molar-refractivity contribution >= 4 is 58.4 Å². The van der Waals surface area contributed by atoms with Crippen LogP contribution in [0.3, 0.4) is 0 Å². The number of ether oxygens (including phenoxy) is 1. The van der Waals surface area contributed by atoms with Gasteiger partial charge in [0.2, 0.25) is 0 Å². The number of carbonyl (C=O) groups is 2. The Kier molecular flexibility index (Phi) is 6.47. The molecule has 0 spiro atoms. The number of hydrogen-bond acceptors (Lipinski definition) is 11. The number of methoxy groups -OCH3 is 1. The minimum atomic E-state index is -1.29. The van der Waals surface area contributed by atoms with Crippen molar-refractivity contribution in [3.63, 3.8) is 0 Å². The Morgan fingerprint density at radius 2 is 1.24 bits per heavy atom.